The highest BCUT2D eigenvalue weighted by molar-refractivity contribution is 5.99. The number of benzene rings is 2. The molecule has 0 radical (unpaired) electrons. The molecule has 6 rings (SSSR count). The van der Waals surface area contributed by atoms with Gasteiger partial charge in [0.25, 0.3) is 5.91 Å². The van der Waals surface area contributed by atoms with Crippen LogP contribution in [0.1, 0.15) is 19.8 Å². The summed E-state index contributed by atoms with van der Waals surface area (Å²) in [4.78, 5) is 23.6. The second-order valence-electron chi connectivity index (χ2n) is 10.7. The van der Waals surface area contributed by atoms with E-state index >= 15 is 4.39 Å². The van der Waals surface area contributed by atoms with E-state index in [2.05, 4.69) is 16.0 Å². The Labute approximate surface area is 235 Å². The summed E-state index contributed by atoms with van der Waals surface area (Å²) < 4.78 is 28.2. The molecule has 4 aromatic rings. The Balaban J connectivity index is 1.30. The first-order valence-electron chi connectivity index (χ1n) is 13.4. The number of hydrogen-bond acceptors (Lipinski definition) is 8. The smallest absolute Gasteiger partial charge is 0.264 e. The maximum atomic E-state index is 15.5. The third-order valence-electron chi connectivity index (χ3n) is 7.46. The van der Waals surface area contributed by atoms with Gasteiger partial charge in [-0.1, -0.05) is 31.2 Å². The molecule has 1 amide bonds. The van der Waals surface area contributed by atoms with Gasteiger partial charge in [0, 0.05) is 23.6 Å². The number of rotatable bonds is 7. The molecule has 1 atom stereocenters. The molecule has 2 aromatic carbocycles. The molecule has 0 bridgehead atoms. The van der Waals surface area contributed by atoms with Crippen molar-refractivity contribution < 1.29 is 18.7 Å². The fourth-order valence-electron chi connectivity index (χ4n) is 5.37. The Morgan fingerprint density at radius 2 is 2.05 bits per heavy atom. The van der Waals surface area contributed by atoms with Crippen LogP contribution >= 0.6 is 0 Å². The van der Waals surface area contributed by atoms with Gasteiger partial charge in [-0.05, 0) is 37.1 Å². The van der Waals surface area contributed by atoms with E-state index in [-0.39, 0.29) is 34.3 Å². The minimum atomic E-state index is -0.539. The molecule has 0 aliphatic carbocycles. The molecular weight excluding hydrogens is 525 g/mol. The van der Waals surface area contributed by atoms with Crippen LogP contribution in [-0.2, 0) is 16.1 Å². The number of carbonyl (C=O) groups excluding carboxylic acids is 1. The number of para-hydroxylation sites is 1. The van der Waals surface area contributed by atoms with E-state index in [9.17, 15) is 10.1 Å². The van der Waals surface area contributed by atoms with Crippen molar-refractivity contribution in [2.45, 2.75) is 32.4 Å². The summed E-state index contributed by atoms with van der Waals surface area (Å²) in [7, 11) is 0. The molecule has 0 unspecified atom stereocenters. The van der Waals surface area contributed by atoms with E-state index in [1.807, 2.05) is 25.1 Å². The summed E-state index contributed by atoms with van der Waals surface area (Å²) in [6.45, 7) is 3.75. The van der Waals surface area contributed by atoms with Gasteiger partial charge in [0.05, 0.1) is 31.2 Å². The molecule has 4 heterocycles. The van der Waals surface area contributed by atoms with Gasteiger partial charge in [0.15, 0.2) is 5.65 Å². The number of nitriles is 1. The number of anilines is 1. The average molecular weight is 554 g/mol. The third kappa shape index (κ3) is 5.10. The van der Waals surface area contributed by atoms with Crippen LogP contribution in [0.25, 0.3) is 22.3 Å². The van der Waals surface area contributed by atoms with Crippen LogP contribution in [0.4, 0.5) is 10.2 Å². The first-order chi connectivity index (χ1) is 19.8. The molecule has 2 aliphatic heterocycles. The van der Waals surface area contributed by atoms with E-state index in [1.165, 1.54) is 12.4 Å². The van der Waals surface area contributed by atoms with Crippen LogP contribution in [0.5, 0.6) is 11.5 Å². The Morgan fingerprint density at radius 3 is 2.76 bits per heavy atom. The van der Waals surface area contributed by atoms with Gasteiger partial charge in [0.1, 0.15) is 46.8 Å². The van der Waals surface area contributed by atoms with Crippen molar-refractivity contribution in [1.29, 1.82) is 5.26 Å². The molecule has 10 nitrogen and oxygen atoms in total. The molecule has 0 spiro atoms. The molecular formula is C30H28FN7O3. The molecule has 208 valence electrons. The molecule has 0 saturated carbocycles. The molecule has 41 heavy (non-hydrogen) atoms. The lowest BCUT2D eigenvalue weighted by Gasteiger charge is -2.35. The van der Waals surface area contributed by atoms with Crippen molar-refractivity contribution >= 4 is 22.8 Å². The van der Waals surface area contributed by atoms with E-state index < -0.39 is 5.82 Å². The van der Waals surface area contributed by atoms with Crippen LogP contribution < -0.4 is 10.5 Å². The van der Waals surface area contributed by atoms with Gasteiger partial charge < -0.3 is 20.1 Å². The van der Waals surface area contributed by atoms with Crippen LogP contribution in [0.3, 0.4) is 0 Å². The number of nitrogen functional groups attached to an aromatic ring is 1. The Kier molecular flexibility index (Phi) is 6.85. The molecule has 11 heteroatoms. The van der Waals surface area contributed by atoms with Gasteiger partial charge in [-0.2, -0.15) is 10.4 Å². The predicted molar refractivity (Wildman–Crippen MR) is 149 cm³/mol. The standard InChI is InChI=1S/C30H28FN7O3/c1-30(16-40-17-30)13-19(14-32)29(39)37-11-5-6-20(37)15-38-28-25(27(33)34-18-35-28)26(36-38)23-10-9-22(12-24(23)31)41-21-7-3-2-4-8-21/h2-4,7-10,12-13,18,20H,5-6,11,15-17H2,1H3,(H2,33,34,35)/t20-/m1/s1. The Bertz CT molecular complexity index is 1690. The van der Waals surface area contributed by atoms with Crippen LogP contribution in [0.2, 0.25) is 0 Å². The zero-order chi connectivity index (χ0) is 28.6. The fraction of sp³-hybridized carbons (Fsp3) is 0.300. The highest BCUT2D eigenvalue weighted by atomic mass is 19.1. The van der Waals surface area contributed by atoms with Crippen LogP contribution in [-0.4, -0.2) is 56.4 Å². The summed E-state index contributed by atoms with van der Waals surface area (Å²) in [5, 5.41) is 14.9. The zero-order valence-electron chi connectivity index (χ0n) is 22.5. The Morgan fingerprint density at radius 1 is 1.24 bits per heavy atom. The van der Waals surface area contributed by atoms with Crippen molar-refractivity contribution in [2.24, 2.45) is 5.41 Å². The summed E-state index contributed by atoms with van der Waals surface area (Å²) in [6.07, 6.45) is 4.57. The van der Waals surface area contributed by atoms with Gasteiger partial charge in [-0.25, -0.2) is 19.0 Å². The number of carbonyl (C=O) groups is 1. The monoisotopic (exact) mass is 553 g/mol. The van der Waals surface area contributed by atoms with Gasteiger partial charge in [-0.15, -0.1) is 0 Å². The fourth-order valence-corrected chi connectivity index (χ4v) is 5.37. The Hall–Kier alpha value is -4.82. The lowest BCUT2D eigenvalue weighted by atomic mass is 9.86. The van der Waals surface area contributed by atoms with Gasteiger partial charge in [-0.3, -0.25) is 4.79 Å². The number of fused-ring (bicyclic) bond motifs is 1. The van der Waals surface area contributed by atoms with Crippen molar-refractivity contribution in [2.75, 3.05) is 25.5 Å². The van der Waals surface area contributed by atoms with Gasteiger partial charge in [0.2, 0.25) is 0 Å². The third-order valence-corrected chi connectivity index (χ3v) is 7.46. The van der Waals surface area contributed by atoms with Crippen molar-refractivity contribution in [3.05, 3.63) is 72.3 Å². The minimum Gasteiger partial charge on any atom is -0.457 e. The highest BCUT2D eigenvalue weighted by Crippen LogP contribution is 2.35. The number of nitrogens with two attached hydrogens (primary N) is 1. The number of nitrogens with zero attached hydrogens (tertiary/aromatic N) is 6. The summed E-state index contributed by atoms with van der Waals surface area (Å²) in [5.74, 6) is 0.254. The number of halogens is 1. The highest BCUT2D eigenvalue weighted by Gasteiger charge is 2.36. The van der Waals surface area contributed by atoms with Crippen molar-refractivity contribution in [3.63, 3.8) is 0 Å². The van der Waals surface area contributed by atoms with Gasteiger partial charge >= 0.3 is 0 Å². The molecule has 2 saturated heterocycles. The van der Waals surface area contributed by atoms with Crippen molar-refractivity contribution in [3.8, 4) is 28.8 Å². The minimum absolute atomic E-state index is 0.111. The average Bonchev–Trinajstić information content (AvgIpc) is 3.57. The summed E-state index contributed by atoms with van der Waals surface area (Å²) in [6, 6.07) is 15.5. The van der Waals surface area contributed by atoms with E-state index in [4.69, 9.17) is 20.3 Å². The number of aromatic nitrogens is 4. The second kappa shape index (κ2) is 10.6. The largest absolute Gasteiger partial charge is 0.457 e. The lowest BCUT2D eigenvalue weighted by Crippen LogP contribution is -2.41. The number of amides is 1. The molecule has 2 aliphatic rings. The normalized spacial score (nSPS) is 18.2. The van der Waals surface area contributed by atoms with Crippen LogP contribution in [0.15, 0.2) is 66.5 Å². The second-order valence-corrected chi connectivity index (χ2v) is 10.7. The maximum Gasteiger partial charge on any atom is 0.264 e. The lowest BCUT2D eigenvalue weighted by molar-refractivity contribution is -0.128. The first kappa shape index (κ1) is 26.4. The number of likely N-dealkylation sites (tertiary alicyclic amines) is 1. The molecule has 2 fully saturated rings. The summed E-state index contributed by atoms with van der Waals surface area (Å²) >= 11 is 0. The SMILES string of the molecule is CC1(C=C(C#N)C(=O)N2CCC[C@@H]2Cn2nc(-c3ccc(Oc4ccccc4)cc3F)c3c(N)ncnc32)COC1. The predicted octanol–water partition coefficient (Wildman–Crippen LogP) is 4.48. The van der Waals surface area contributed by atoms with E-state index in [0.717, 1.165) is 12.8 Å². The quantitative estimate of drug-likeness (QED) is 0.262. The zero-order valence-corrected chi connectivity index (χ0v) is 22.5. The number of hydrogen-bond donors (Lipinski definition) is 1. The first-order valence-corrected chi connectivity index (χ1v) is 13.4. The number of ether oxygens (including phenoxy) is 2. The van der Waals surface area contributed by atoms with E-state index in [0.29, 0.717) is 54.5 Å². The van der Waals surface area contributed by atoms with E-state index in [1.54, 1.807) is 39.9 Å². The topological polar surface area (TPSA) is 132 Å². The summed E-state index contributed by atoms with van der Waals surface area (Å²) in [5.41, 5.74) is 6.99. The molecule has 2 aromatic heterocycles. The maximum absolute atomic E-state index is 15.5. The van der Waals surface area contributed by atoms with Crippen molar-refractivity contribution in [1.82, 2.24) is 24.6 Å². The molecule has 2 N–H and O–H groups in total. The van der Waals surface area contributed by atoms with Crippen LogP contribution in [0, 0.1) is 22.6 Å².